The lowest BCUT2D eigenvalue weighted by molar-refractivity contribution is -0.144. The van der Waals surface area contributed by atoms with Crippen LogP contribution in [0.5, 0.6) is 0 Å². The number of nitrogens with one attached hydrogen (secondary N) is 1. The van der Waals surface area contributed by atoms with Crippen molar-refractivity contribution in [1.82, 2.24) is 10.2 Å². The smallest absolute Gasteiger partial charge is 0.256 e. The van der Waals surface area contributed by atoms with E-state index >= 15 is 0 Å². The molecule has 1 saturated heterocycles. The molecule has 1 amide bonds. The Hall–Kier alpha value is -1.39. The van der Waals surface area contributed by atoms with Crippen molar-refractivity contribution >= 4 is 5.91 Å². The number of amides is 1. The topological polar surface area (TPSA) is 41.6 Å². The second kappa shape index (κ2) is 7.57. The number of hydrogen-bond acceptors (Lipinski definition) is 3. The van der Waals surface area contributed by atoms with Crippen molar-refractivity contribution in [3.8, 4) is 0 Å². The van der Waals surface area contributed by atoms with Gasteiger partial charge in [-0.3, -0.25) is 4.79 Å². The third-order valence-electron chi connectivity index (χ3n) is 4.05. The van der Waals surface area contributed by atoms with Gasteiger partial charge in [0.2, 0.25) is 0 Å². The maximum absolute atomic E-state index is 12.9. The van der Waals surface area contributed by atoms with E-state index in [9.17, 15) is 4.79 Å². The van der Waals surface area contributed by atoms with Gasteiger partial charge in [0, 0.05) is 25.7 Å². The van der Waals surface area contributed by atoms with Gasteiger partial charge < -0.3 is 15.0 Å². The summed E-state index contributed by atoms with van der Waals surface area (Å²) in [5.74, 6) is 0.0485. The number of rotatable bonds is 6. The lowest BCUT2D eigenvalue weighted by Crippen LogP contribution is -2.46. The highest BCUT2D eigenvalue weighted by Gasteiger charge is 2.29. The van der Waals surface area contributed by atoms with Crippen molar-refractivity contribution in [3.05, 3.63) is 35.9 Å². The van der Waals surface area contributed by atoms with E-state index in [0.717, 1.165) is 25.1 Å². The Morgan fingerprint density at radius 3 is 2.62 bits per heavy atom. The predicted octanol–water partition coefficient (Wildman–Crippen LogP) is 2.36. The van der Waals surface area contributed by atoms with Crippen LogP contribution in [0.1, 0.15) is 38.4 Å². The van der Waals surface area contributed by atoms with Crippen molar-refractivity contribution in [2.45, 2.75) is 44.9 Å². The maximum Gasteiger partial charge on any atom is 0.256 e. The van der Waals surface area contributed by atoms with E-state index in [1.165, 1.54) is 6.42 Å². The molecule has 0 saturated carbocycles. The zero-order valence-corrected chi connectivity index (χ0v) is 13.2. The van der Waals surface area contributed by atoms with E-state index in [1.54, 1.807) is 7.11 Å². The number of nitrogens with zero attached hydrogens (tertiary/aromatic N) is 1. The first kappa shape index (κ1) is 16.0. The van der Waals surface area contributed by atoms with Gasteiger partial charge in [-0.25, -0.2) is 0 Å². The number of hydrogen-bond donors (Lipinski definition) is 1. The molecule has 1 heterocycles. The van der Waals surface area contributed by atoms with Crippen LogP contribution in [0.3, 0.4) is 0 Å². The van der Waals surface area contributed by atoms with E-state index in [2.05, 4.69) is 19.2 Å². The molecular formula is C17H26N2O2. The fourth-order valence-electron chi connectivity index (χ4n) is 2.86. The summed E-state index contributed by atoms with van der Waals surface area (Å²) in [5.41, 5.74) is 0.912. The van der Waals surface area contributed by atoms with Crippen LogP contribution in [0.15, 0.2) is 30.3 Å². The van der Waals surface area contributed by atoms with Gasteiger partial charge in [0.25, 0.3) is 5.91 Å². The van der Waals surface area contributed by atoms with E-state index in [1.807, 2.05) is 35.2 Å². The van der Waals surface area contributed by atoms with Crippen molar-refractivity contribution in [2.75, 3.05) is 20.2 Å². The highest BCUT2D eigenvalue weighted by atomic mass is 16.5. The normalized spacial score (nSPS) is 19.7. The number of benzene rings is 1. The molecule has 0 aliphatic carbocycles. The standard InChI is InChI=1S/C17H26N2O2/c1-13(2)19(12-15-10-7-11-18-15)17(20)16(21-3)14-8-5-4-6-9-14/h4-6,8-9,13,15-16,18H,7,10-12H2,1-3H3. The molecule has 21 heavy (non-hydrogen) atoms. The molecule has 1 aromatic carbocycles. The van der Waals surface area contributed by atoms with Gasteiger partial charge in [0.05, 0.1) is 0 Å². The molecule has 4 heteroatoms. The lowest BCUT2D eigenvalue weighted by Gasteiger charge is -2.32. The summed E-state index contributed by atoms with van der Waals surface area (Å²) in [4.78, 5) is 14.8. The monoisotopic (exact) mass is 290 g/mol. The fourth-order valence-corrected chi connectivity index (χ4v) is 2.86. The fraction of sp³-hybridized carbons (Fsp3) is 0.588. The molecule has 1 aliphatic heterocycles. The third-order valence-corrected chi connectivity index (χ3v) is 4.05. The molecule has 0 aromatic heterocycles. The molecule has 0 bridgehead atoms. The van der Waals surface area contributed by atoms with Gasteiger partial charge in [-0.05, 0) is 38.8 Å². The Kier molecular flexibility index (Phi) is 5.76. The molecular weight excluding hydrogens is 264 g/mol. The minimum Gasteiger partial charge on any atom is -0.367 e. The molecule has 1 N–H and O–H groups in total. The van der Waals surface area contributed by atoms with E-state index < -0.39 is 6.10 Å². The molecule has 4 nitrogen and oxygen atoms in total. The highest BCUT2D eigenvalue weighted by Crippen LogP contribution is 2.21. The number of carbonyl (C=O) groups excluding carboxylic acids is 1. The highest BCUT2D eigenvalue weighted by molar-refractivity contribution is 5.82. The molecule has 116 valence electrons. The van der Waals surface area contributed by atoms with E-state index in [4.69, 9.17) is 4.74 Å². The third kappa shape index (κ3) is 4.05. The second-order valence-corrected chi connectivity index (χ2v) is 5.90. The van der Waals surface area contributed by atoms with Gasteiger partial charge in [-0.15, -0.1) is 0 Å². The second-order valence-electron chi connectivity index (χ2n) is 5.90. The van der Waals surface area contributed by atoms with Crippen LogP contribution in [0.25, 0.3) is 0 Å². The van der Waals surface area contributed by atoms with Gasteiger partial charge in [0.1, 0.15) is 0 Å². The summed E-state index contributed by atoms with van der Waals surface area (Å²) in [7, 11) is 1.60. The summed E-state index contributed by atoms with van der Waals surface area (Å²) in [6, 6.07) is 10.3. The van der Waals surface area contributed by atoms with Gasteiger partial charge >= 0.3 is 0 Å². The summed E-state index contributed by atoms with van der Waals surface area (Å²) in [6.07, 6.45) is 1.81. The molecule has 1 aliphatic rings. The molecule has 1 fully saturated rings. The molecule has 0 radical (unpaired) electrons. The van der Waals surface area contributed by atoms with E-state index in [-0.39, 0.29) is 11.9 Å². The van der Waals surface area contributed by atoms with Crippen LogP contribution >= 0.6 is 0 Å². The molecule has 2 unspecified atom stereocenters. The first-order valence-corrected chi connectivity index (χ1v) is 7.75. The maximum atomic E-state index is 12.9. The van der Waals surface area contributed by atoms with Crippen molar-refractivity contribution < 1.29 is 9.53 Å². The van der Waals surface area contributed by atoms with Crippen LogP contribution < -0.4 is 5.32 Å². The van der Waals surface area contributed by atoms with Crippen LogP contribution in [0, 0.1) is 0 Å². The average molecular weight is 290 g/mol. The summed E-state index contributed by atoms with van der Waals surface area (Å²) < 4.78 is 5.48. The van der Waals surface area contributed by atoms with Crippen molar-refractivity contribution in [1.29, 1.82) is 0 Å². The molecule has 2 atom stereocenters. The first-order valence-electron chi connectivity index (χ1n) is 7.75. The van der Waals surface area contributed by atoms with Gasteiger partial charge in [0.15, 0.2) is 6.10 Å². The molecule has 0 spiro atoms. The Morgan fingerprint density at radius 2 is 2.10 bits per heavy atom. The number of methoxy groups -OCH3 is 1. The van der Waals surface area contributed by atoms with Crippen molar-refractivity contribution in [3.63, 3.8) is 0 Å². The quantitative estimate of drug-likeness (QED) is 0.874. The Morgan fingerprint density at radius 1 is 1.38 bits per heavy atom. The Labute approximate surface area is 127 Å². The van der Waals surface area contributed by atoms with E-state index in [0.29, 0.717) is 6.04 Å². The Bertz CT molecular complexity index is 441. The SMILES string of the molecule is COC(C(=O)N(CC1CCCN1)C(C)C)c1ccccc1. The minimum atomic E-state index is -0.519. The largest absolute Gasteiger partial charge is 0.367 e. The summed E-state index contributed by atoms with van der Waals surface area (Å²) >= 11 is 0. The first-order chi connectivity index (χ1) is 10.1. The van der Waals surface area contributed by atoms with Crippen LogP contribution in [-0.4, -0.2) is 43.1 Å². The van der Waals surface area contributed by atoms with Crippen molar-refractivity contribution in [2.24, 2.45) is 0 Å². The zero-order chi connectivity index (χ0) is 15.2. The average Bonchev–Trinajstić information content (AvgIpc) is 2.99. The summed E-state index contributed by atoms with van der Waals surface area (Å²) in [6.45, 7) is 5.93. The van der Waals surface area contributed by atoms with Gasteiger partial charge in [-0.1, -0.05) is 30.3 Å². The lowest BCUT2D eigenvalue weighted by atomic mass is 10.1. The zero-order valence-electron chi connectivity index (χ0n) is 13.2. The van der Waals surface area contributed by atoms with Gasteiger partial charge in [-0.2, -0.15) is 0 Å². The summed E-state index contributed by atoms with van der Waals surface area (Å²) in [5, 5.41) is 3.46. The number of carbonyl (C=O) groups is 1. The molecule has 2 rings (SSSR count). The minimum absolute atomic E-state index is 0.0485. The predicted molar refractivity (Wildman–Crippen MR) is 84.1 cm³/mol. The van der Waals surface area contributed by atoms with Crippen LogP contribution in [-0.2, 0) is 9.53 Å². The Balaban J connectivity index is 2.12. The molecule has 1 aromatic rings. The van der Waals surface area contributed by atoms with Crippen LogP contribution in [0.2, 0.25) is 0 Å². The van der Waals surface area contributed by atoms with Crippen LogP contribution in [0.4, 0.5) is 0 Å². The number of ether oxygens (including phenoxy) is 1.